The Morgan fingerprint density at radius 3 is 1.58 bits per heavy atom. The van der Waals surface area contributed by atoms with Gasteiger partial charge >= 0.3 is 0 Å². The molecule has 0 radical (unpaired) electrons. The van der Waals surface area contributed by atoms with Crippen LogP contribution in [-0.4, -0.2) is 24.1 Å². The van der Waals surface area contributed by atoms with E-state index in [0.29, 0.717) is 17.5 Å². The van der Waals surface area contributed by atoms with Crippen molar-refractivity contribution in [1.82, 2.24) is 24.1 Å². The molecule has 3 heterocycles. The van der Waals surface area contributed by atoms with Crippen molar-refractivity contribution in [3.8, 4) is 45.5 Å². The van der Waals surface area contributed by atoms with E-state index in [9.17, 15) is 0 Å². The zero-order valence-electron chi connectivity index (χ0n) is 33.4. The first-order chi connectivity index (χ1) is 30.7. The van der Waals surface area contributed by atoms with Gasteiger partial charge in [0.1, 0.15) is 0 Å². The molecule has 0 N–H and O–H groups in total. The molecule has 10 aromatic carbocycles. The first kappa shape index (κ1) is 34.5. The molecule has 288 valence electrons. The fraction of sp³-hybridized carbons (Fsp3) is 0. The van der Waals surface area contributed by atoms with Gasteiger partial charge in [0, 0.05) is 54.7 Å². The van der Waals surface area contributed by atoms with Crippen LogP contribution in [0.3, 0.4) is 0 Å². The van der Waals surface area contributed by atoms with E-state index in [1.54, 1.807) is 0 Å². The van der Waals surface area contributed by atoms with E-state index >= 15 is 0 Å². The Labute approximate surface area is 356 Å². The van der Waals surface area contributed by atoms with Crippen LogP contribution in [0.25, 0.3) is 121 Å². The van der Waals surface area contributed by atoms with Crippen LogP contribution in [0.5, 0.6) is 0 Å². The Morgan fingerprint density at radius 1 is 0.274 bits per heavy atom. The van der Waals surface area contributed by atoms with Gasteiger partial charge in [0.15, 0.2) is 17.5 Å². The van der Waals surface area contributed by atoms with Crippen LogP contribution in [0.2, 0.25) is 0 Å². The molecule has 62 heavy (non-hydrogen) atoms. The summed E-state index contributed by atoms with van der Waals surface area (Å²) in [6.07, 6.45) is 0. The minimum absolute atomic E-state index is 0.642. The molecular weight excluding hydrogens is 755 g/mol. The Kier molecular flexibility index (Phi) is 7.54. The molecule has 0 saturated carbocycles. The number of fused-ring (bicyclic) bond motifs is 10. The van der Waals surface area contributed by atoms with Gasteiger partial charge in [0.25, 0.3) is 0 Å². The van der Waals surface area contributed by atoms with Crippen LogP contribution < -0.4 is 0 Å². The minimum Gasteiger partial charge on any atom is -0.309 e. The van der Waals surface area contributed by atoms with Crippen molar-refractivity contribution in [2.45, 2.75) is 0 Å². The highest BCUT2D eigenvalue weighted by Crippen LogP contribution is 2.43. The lowest BCUT2D eigenvalue weighted by molar-refractivity contribution is 1.07. The SMILES string of the molecule is c1ccc(-c2nc(-c3ccccc3)nc(-c3ccc4cc(-n5c6cc7c(cc6c6ccc8ccccc8c65)c5ccccc5n7-c5cccc6ccccc56)ccc4c3)n2)cc1. The highest BCUT2D eigenvalue weighted by atomic mass is 15.0. The van der Waals surface area contributed by atoms with E-state index in [0.717, 1.165) is 38.7 Å². The summed E-state index contributed by atoms with van der Waals surface area (Å²) in [5.41, 5.74) is 9.86. The molecule has 0 bridgehead atoms. The minimum atomic E-state index is 0.642. The fourth-order valence-electron chi connectivity index (χ4n) is 9.62. The van der Waals surface area contributed by atoms with Gasteiger partial charge in [-0.25, -0.2) is 15.0 Å². The number of benzene rings is 10. The van der Waals surface area contributed by atoms with Crippen LogP contribution in [0, 0.1) is 0 Å². The Morgan fingerprint density at radius 2 is 0.823 bits per heavy atom. The van der Waals surface area contributed by atoms with Crippen molar-refractivity contribution in [2.24, 2.45) is 0 Å². The quantitative estimate of drug-likeness (QED) is 0.174. The first-order valence-electron chi connectivity index (χ1n) is 21.0. The van der Waals surface area contributed by atoms with E-state index in [4.69, 9.17) is 15.0 Å². The van der Waals surface area contributed by atoms with Crippen molar-refractivity contribution in [3.05, 3.63) is 212 Å². The normalized spacial score (nSPS) is 11.9. The lowest BCUT2D eigenvalue weighted by atomic mass is 10.0. The molecule has 0 fully saturated rings. The number of nitrogens with zero attached hydrogens (tertiary/aromatic N) is 5. The van der Waals surface area contributed by atoms with E-state index in [2.05, 4.69) is 161 Å². The maximum Gasteiger partial charge on any atom is 0.164 e. The first-order valence-corrected chi connectivity index (χ1v) is 21.0. The molecule has 13 aromatic rings. The van der Waals surface area contributed by atoms with Gasteiger partial charge in [-0.2, -0.15) is 0 Å². The molecule has 0 aliphatic heterocycles. The van der Waals surface area contributed by atoms with Crippen molar-refractivity contribution in [1.29, 1.82) is 0 Å². The summed E-state index contributed by atoms with van der Waals surface area (Å²) >= 11 is 0. The fourth-order valence-corrected chi connectivity index (χ4v) is 9.62. The maximum atomic E-state index is 5.02. The molecule has 0 atom stereocenters. The summed E-state index contributed by atoms with van der Waals surface area (Å²) in [5, 5.41) is 12.1. The summed E-state index contributed by atoms with van der Waals surface area (Å²) in [4.78, 5) is 15.0. The summed E-state index contributed by atoms with van der Waals surface area (Å²) in [6, 6.07) is 75.9. The van der Waals surface area contributed by atoms with Gasteiger partial charge < -0.3 is 9.13 Å². The third-order valence-electron chi connectivity index (χ3n) is 12.5. The van der Waals surface area contributed by atoms with Gasteiger partial charge in [-0.1, -0.05) is 170 Å². The second-order valence-corrected chi connectivity index (χ2v) is 16.0. The third kappa shape index (κ3) is 5.32. The zero-order valence-corrected chi connectivity index (χ0v) is 33.4. The summed E-state index contributed by atoms with van der Waals surface area (Å²) in [7, 11) is 0. The van der Waals surface area contributed by atoms with Crippen molar-refractivity contribution < 1.29 is 0 Å². The smallest absolute Gasteiger partial charge is 0.164 e. The van der Waals surface area contributed by atoms with Crippen LogP contribution in [0.4, 0.5) is 0 Å². The molecule has 3 aromatic heterocycles. The summed E-state index contributed by atoms with van der Waals surface area (Å²) < 4.78 is 4.94. The summed E-state index contributed by atoms with van der Waals surface area (Å²) in [6.45, 7) is 0. The molecule has 0 amide bonds. The van der Waals surface area contributed by atoms with Gasteiger partial charge in [0.05, 0.1) is 27.8 Å². The second kappa shape index (κ2) is 13.6. The number of hydrogen-bond donors (Lipinski definition) is 0. The molecule has 5 heteroatoms. The maximum absolute atomic E-state index is 5.02. The second-order valence-electron chi connectivity index (χ2n) is 16.0. The lowest BCUT2D eigenvalue weighted by Gasteiger charge is -2.13. The predicted molar refractivity (Wildman–Crippen MR) is 257 cm³/mol. The Bertz CT molecular complexity index is 3860. The zero-order chi connectivity index (χ0) is 40.7. The van der Waals surface area contributed by atoms with Crippen molar-refractivity contribution >= 4 is 75.9 Å². The topological polar surface area (TPSA) is 48.5 Å². The molecule has 13 rings (SSSR count). The van der Waals surface area contributed by atoms with E-state index < -0.39 is 0 Å². The van der Waals surface area contributed by atoms with Gasteiger partial charge in [-0.05, 0) is 64.0 Å². The molecule has 0 aliphatic rings. The molecule has 5 nitrogen and oxygen atoms in total. The number of rotatable bonds is 5. The van der Waals surface area contributed by atoms with Crippen molar-refractivity contribution in [3.63, 3.8) is 0 Å². The third-order valence-corrected chi connectivity index (χ3v) is 12.5. The van der Waals surface area contributed by atoms with Crippen LogP contribution >= 0.6 is 0 Å². The molecule has 0 saturated heterocycles. The Hall–Kier alpha value is -8.41. The van der Waals surface area contributed by atoms with Crippen LogP contribution in [-0.2, 0) is 0 Å². The average Bonchev–Trinajstić information content (AvgIpc) is 3.85. The van der Waals surface area contributed by atoms with Gasteiger partial charge in [-0.15, -0.1) is 0 Å². The Balaban J connectivity index is 1.04. The van der Waals surface area contributed by atoms with Crippen LogP contribution in [0.1, 0.15) is 0 Å². The van der Waals surface area contributed by atoms with Crippen molar-refractivity contribution in [2.75, 3.05) is 0 Å². The number of hydrogen-bond acceptors (Lipinski definition) is 3. The van der Waals surface area contributed by atoms with Gasteiger partial charge in [-0.3, -0.25) is 0 Å². The number of aromatic nitrogens is 5. The van der Waals surface area contributed by atoms with E-state index in [-0.39, 0.29) is 0 Å². The molecule has 0 aliphatic carbocycles. The van der Waals surface area contributed by atoms with Gasteiger partial charge in [0.2, 0.25) is 0 Å². The highest BCUT2D eigenvalue weighted by molar-refractivity contribution is 6.23. The molecule has 0 spiro atoms. The monoisotopic (exact) mass is 789 g/mol. The molecule has 0 unspecified atom stereocenters. The molecular formula is C57H35N5. The van der Waals surface area contributed by atoms with E-state index in [1.807, 2.05) is 60.7 Å². The number of para-hydroxylation sites is 1. The predicted octanol–water partition coefficient (Wildman–Crippen LogP) is 14.5. The standard InChI is InChI=1S/C57H35N5/c1-3-16-38(17-4-1)55-58-56(39-18-5-2-6-19-39)60-57(59-55)42-27-26-41-33-43(30-28-40(41)32-42)61-52-35-53-48(34-49(52)47-31-29-37-15-8-10-22-45(37)54(47)61)46-23-11-12-24-51(46)62(53)50-25-13-20-36-14-7-9-21-44(36)50/h1-35H. The largest absolute Gasteiger partial charge is 0.309 e. The van der Waals surface area contributed by atoms with E-state index in [1.165, 1.54) is 65.3 Å². The average molecular weight is 790 g/mol. The highest BCUT2D eigenvalue weighted by Gasteiger charge is 2.21. The van der Waals surface area contributed by atoms with Crippen LogP contribution in [0.15, 0.2) is 212 Å². The lowest BCUT2D eigenvalue weighted by Crippen LogP contribution is -2.00. The summed E-state index contributed by atoms with van der Waals surface area (Å²) in [5.74, 6) is 1.94.